The lowest BCUT2D eigenvalue weighted by Gasteiger charge is -2.38. The number of hydrogen-bond donors (Lipinski definition) is 1. The molecule has 0 radical (unpaired) electrons. The number of nitrogens with one attached hydrogen (secondary N) is 1. The predicted octanol–water partition coefficient (Wildman–Crippen LogP) is 3.24. The molecule has 6 heteroatoms. The van der Waals surface area contributed by atoms with Crippen LogP contribution in [0.2, 0.25) is 5.02 Å². The standard InChI is InChI=1S/C17H20ClN3O2/c1-20-10-17(23-16(20)22)7-4-8-21(11-17)9-14-15(18)12-5-2-3-6-13(12)19-14/h2-3,5-6,19H,4,7-11H2,1H3/t17-/m1/s1. The van der Waals surface area contributed by atoms with Gasteiger partial charge in [0.2, 0.25) is 0 Å². The molecule has 2 fully saturated rings. The molecule has 2 aliphatic rings. The maximum Gasteiger partial charge on any atom is 0.410 e. The first kappa shape index (κ1) is 14.8. The van der Waals surface area contributed by atoms with Gasteiger partial charge in [0.15, 0.2) is 0 Å². The van der Waals surface area contributed by atoms with Gasteiger partial charge in [0.1, 0.15) is 5.60 Å². The van der Waals surface area contributed by atoms with Gasteiger partial charge in [-0.15, -0.1) is 0 Å². The number of fused-ring (bicyclic) bond motifs is 1. The van der Waals surface area contributed by atoms with Gasteiger partial charge in [0.05, 0.1) is 11.6 Å². The zero-order valence-corrected chi connectivity index (χ0v) is 13.9. The van der Waals surface area contributed by atoms with Crippen molar-refractivity contribution in [3.05, 3.63) is 35.0 Å². The molecule has 4 rings (SSSR count). The summed E-state index contributed by atoms with van der Waals surface area (Å²) >= 11 is 6.52. The fourth-order valence-electron chi connectivity index (χ4n) is 3.83. The van der Waals surface area contributed by atoms with Crippen molar-refractivity contribution >= 4 is 28.6 Å². The monoisotopic (exact) mass is 333 g/mol. The van der Waals surface area contributed by atoms with Crippen LogP contribution in [0.3, 0.4) is 0 Å². The van der Waals surface area contributed by atoms with Gasteiger partial charge in [-0.3, -0.25) is 4.90 Å². The third-order valence-corrected chi connectivity index (χ3v) is 5.29. The van der Waals surface area contributed by atoms with Crippen molar-refractivity contribution in [2.75, 3.05) is 26.7 Å². The largest absolute Gasteiger partial charge is 0.440 e. The fraction of sp³-hybridized carbons (Fsp3) is 0.471. The minimum Gasteiger partial charge on any atom is -0.440 e. The number of ether oxygens (including phenoxy) is 1. The van der Waals surface area contributed by atoms with E-state index in [-0.39, 0.29) is 11.7 Å². The van der Waals surface area contributed by atoms with Gasteiger partial charge in [0, 0.05) is 36.7 Å². The van der Waals surface area contributed by atoms with Gasteiger partial charge in [-0.2, -0.15) is 0 Å². The Hall–Kier alpha value is -1.72. The van der Waals surface area contributed by atoms with E-state index in [0.29, 0.717) is 6.54 Å². The van der Waals surface area contributed by atoms with Gasteiger partial charge < -0.3 is 14.6 Å². The molecule has 2 aromatic rings. The van der Waals surface area contributed by atoms with Gasteiger partial charge in [-0.25, -0.2) is 4.79 Å². The number of likely N-dealkylation sites (tertiary alicyclic amines) is 1. The van der Waals surface area contributed by atoms with Crippen LogP contribution in [-0.2, 0) is 11.3 Å². The number of halogens is 1. The molecule has 1 spiro atoms. The number of H-pyrrole nitrogens is 1. The molecule has 0 unspecified atom stereocenters. The van der Waals surface area contributed by atoms with Crippen molar-refractivity contribution < 1.29 is 9.53 Å². The SMILES string of the molecule is CN1C[C@@]2(CCCN(Cc3[nH]c4ccccc4c3Cl)C2)OC1=O. The fourth-order valence-corrected chi connectivity index (χ4v) is 4.10. The van der Waals surface area contributed by atoms with Crippen molar-refractivity contribution in [1.29, 1.82) is 0 Å². The van der Waals surface area contributed by atoms with Crippen molar-refractivity contribution in [2.45, 2.75) is 25.0 Å². The lowest BCUT2D eigenvalue weighted by Crippen LogP contribution is -2.50. The number of hydrogen-bond acceptors (Lipinski definition) is 3. The van der Waals surface area contributed by atoms with Crippen molar-refractivity contribution in [3.8, 4) is 0 Å². The number of rotatable bonds is 2. The van der Waals surface area contributed by atoms with E-state index in [9.17, 15) is 4.79 Å². The Balaban J connectivity index is 1.54. The second kappa shape index (κ2) is 5.42. The van der Waals surface area contributed by atoms with Crippen LogP contribution < -0.4 is 0 Å². The molecular weight excluding hydrogens is 314 g/mol. The van der Waals surface area contributed by atoms with E-state index < -0.39 is 0 Å². The molecule has 1 aromatic carbocycles. The summed E-state index contributed by atoms with van der Waals surface area (Å²) in [5.74, 6) is 0. The Labute approximate surface area is 140 Å². The summed E-state index contributed by atoms with van der Waals surface area (Å²) in [5, 5.41) is 1.85. The molecule has 1 aromatic heterocycles. The average Bonchev–Trinajstić information content (AvgIpc) is 2.97. The summed E-state index contributed by atoms with van der Waals surface area (Å²) in [7, 11) is 1.80. The zero-order valence-electron chi connectivity index (χ0n) is 13.1. The number of aromatic amines is 1. The van der Waals surface area contributed by atoms with Crippen LogP contribution in [0.4, 0.5) is 4.79 Å². The molecule has 2 saturated heterocycles. The first-order valence-corrected chi connectivity index (χ1v) is 8.36. The number of carbonyl (C=O) groups is 1. The number of nitrogens with zero attached hydrogens (tertiary/aromatic N) is 2. The molecular formula is C17H20ClN3O2. The highest BCUT2D eigenvalue weighted by molar-refractivity contribution is 6.36. The summed E-state index contributed by atoms with van der Waals surface area (Å²) in [6.45, 7) is 3.17. The highest BCUT2D eigenvalue weighted by Gasteiger charge is 2.46. The maximum absolute atomic E-state index is 11.7. The van der Waals surface area contributed by atoms with E-state index in [0.717, 1.165) is 54.1 Å². The molecule has 1 N–H and O–H groups in total. The van der Waals surface area contributed by atoms with E-state index in [4.69, 9.17) is 16.3 Å². The summed E-state index contributed by atoms with van der Waals surface area (Å²) in [6.07, 6.45) is 1.74. The summed E-state index contributed by atoms with van der Waals surface area (Å²) in [4.78, 5) is 19.1. The van der Waals surface area contributed by atoms with Gasteiger partial charge >= 0.3 is 6.09 Å². The molecule has 1 amide bonds. The second-order valence-electron chi connectivity index (χ2n) is 6.68. The number of carbonyl (C=O) groups excluding carboxylic acids is 1. The van der Waals surface area contributed by atoms with Crippen LogP contribution in [-0.4, -0.2) is 53.2 Å². The van der Waals surface area contributed by atoms with E-state index in [1.807, 2.05) is 24.3 Å². The quantitative estimate of drug-likeness (QED) is 0.917. The van der Waals surface area contributed by atoms with Crippen LogP contribution >= 0.6 is 11.6 Å². The van der Waals surface area contributed by atoms with Crippen molar-refractivity contribution in [1.82, 2.24) is 14.8 Å². The summed E-state index contributed by atoms with van der Waals surface area (Å²) < 4.78 is 5.66. The number of para-hydroxylation sites is 1. The third-order valence-electron chi connectivity index (χ3n) is 4.86. The van der Waals surface area contributed by atoms with E-state index >= 15 is 0 Å². The summed E-state index contributed by atoms with van der Waals surface area (Å²) in [6, 6.07) is 8.07. The van der Waals surface area contributed by atoms with E-state index in [1.165, 1.54) is 0 Å². The molecule has 2 aliphatic heterocycles. The summed E-state index contributed by atoms with van der Waals surface area (Å²) in [5.41, 5.74) is 1.73. The smallest absolute Gasteiger partial charge is 0.410 e. The lowest BCUT2D eigenvalue weighted by molar-refractivity contribution is -0.0116. The predicted molar refractivity (Wildman–Crippen MR) is 89.7 cm³/mol. The Morgan fingerprint density at radius 3 is 2.91 bits per heavy atom. The first-order chi connectivity index (χ1) is 11.1. The number of benzene rings is 1. The third kappa shape index (κ3) is 2.58. The average molecular weight is 334 g/mol. The first-order valence-electron chi connectivity index (χ1n) is 7.98. The molecule has 122 valence electrons. The molecule has 0 aliphatic carbocycles. The number of aromatic nitrogens is 1. The minimum absolute atomic E-state index is 0.213. The van der Waals surface area contributed by atoms with Crippen LogP contribution in [0.5, 0.6) is 0 Å². The van der Waals surface area contributed by atoms with Crippen molar-refractivity contribution in [2.24, 2.45) is 0 Å². The molecule has 0 saturated carbocycles. The van der Waals surface area contributed by atoms with Gasteiger partial charge in [0.25, 0.3) is 0 Å². The number of piperidine rings is 1. The van der Waals surface area contributed by atoms with Crippen LogP contribution in [0.25, 0.3) is 10.9 Å². The van der Waals surface area contributed by atoms with Gasteiger partial charge in [-0.05, 0) is 25.5 Å². The molecule has 3 heterocycles. The highest BCUT2D eigenvalue weighted by Crippen LogP contribution is 2.33. The lowest BCUT2D eigenvalue weighted by atomic mass is 9.92. The maximum atomic E-state index is 11.7. The van der Waals surface area contributed by atoms with Crippen LogP contribution in [0.15, 0.2) is 24.3 Å². The minimum atomic E-state index is -0.359. The van der Waals surface area contributed by atoms with Gasteiger partial charge in [-0.1, -0.05) is 29.8 Å². The normalized spacial score (nSPS) is 25.5. The van der Waals surface area contributed by atoms with E-state index in [2.05, 4.69) is 9.88 Å². The molecule has 1 atom stereocenters. The molecule has 0 bridgehead atoms. The van der Waals surface area contributed by atoms with Crippen LogP contribution in [0, 0.1) is 0 Å². The Kier molecular flexibility index (Phi) is 3.50. The zero-order chi connectivity index (χ0) is 16.0. The van der Waals surface area contributed by atoms with Crippen molar-refractivity contribution in [3.63, 3.8) is 0 Å². The number of likely N-dealkylation sites (N-methyl/N-ethyl adjacent to an activating group) is 1. The Morgan fingerprint density at radius 1 is 1.35 bits per heavy atom. The van der Waals surface area contributed by atoms with Crippen LogP contribution in [0.1, 0.15) is 18.5 Å². The topological polar surface area (TPSA) is 48.6 Å². The molecule has 23 heavy (non-hydrogen) atoms. The highest BCUT2D eigenvalue weighted by atomic mass is 35.5. The Morgan fingerprint density at radius 2 is 2.17 bits per heavy atom. The number of amides is 1. The second-order valence-corrected chi connectivity index (χ2v) is 7.06. The van der Waals surface area contributed by atoms with E-state index in [1.54, 1.807) is 11.9 Å². The molecule has 5 nitrogen and oxygen atoms in total. The Bertz CT molecular complexity index is 759.